The number of carbonyl (C=O) groups excluding carboxylic acids is 1. The minimum Gasteiger partial charge on any atom is -0.341 e. The lowest BCUT2D eigenvalue weighted by atomic mass is 10.0. The summed E-state index contributed by atoms with van der Waals surface area (Å²) in [5.74, 6) is -1.33. The van der Waals surface area contributed by atoms with Crippen molar-refractivity contribution in [3.63, 3.8) is 0 Å². The van der Waals surface area contributed by atoms with Crippen molar-refractivity contribution in [1.82, 2.24) is 14.5 Å². The van der Waals surface area contributed by atoms with Crippen LogP contribution >= 0.6 is 0 Å². The standard InChI is InChI=1S/C18H16F2N4O/c1-23-8-7-14-16(18(23)25)11-4-6-15(22-17(11)24(14)2)21-10-3-5-12(19)13(20)9-10/h3-6,9H,7-8H2,1-2H3,(H,21,22)/i20-1. The first-order chi connectivity index (χ1) is 12.0. The maximum Gasteiger partial charge on any atom is 0.256 e. The van der Waals surface area contributed by atoms with E-state index in [1.54, 1.807) is 18.0 Å². The Kier molecular flexibility index (Phi) is 3.45. The first kappa shape index (κ1) is 15.6. The number of fused-ring (bicyclic) bond motifs is 3. The summed E-state index contributed by atoms with van der Waals surface area (Å²) in [5, 5.41) is 3.76. The molecule has 0 saturated heterocycles. The number of benzene rings is 1. The fourth-order valence-electron chi connectivity index (χ4n) is 3.24. The van der Waals surface area contributed by atoms with Gasteiger partial charge in [-0.05, 0) is 24.3 Å². The molecular weight excluding hydrogens is 325 g/mol. The monoisotopic (exact) mass is 341 g/mol. The molecule has 2 aromatic heterocycles. The number of aromatic nitrogens is 2. The van der Waals surface area contributed by atoms with Gasteiger partial charge < -0.3 is 14.8 Å². The van der Waals surface area contributed by atoms with Crippen molar-refractivity contribution < 1.29 is 13.6 Å². The highest BCUT2D eigenvalue weighted by molar-refractivity contribution is 6.08. The Balaban J connectivity index is 1.77. The Morgan fingerprint density at radius 1 is 1.12 bits per heavy atom. The van der Waals surface area contributed by atoms with Gasteiger partial charge in [-0.3, -0.25) is 4.79 Å². The van der Waals surface area contributed by atoms with Gasteiger partial charge in [0.2, 0.25) is 0 Å². The smallest absolute Gasteiger partial charge is 0.256 e. The maximum absolute atomic E-state index is 13.4. The summed E-state index contributed by atoms with van der Waals surface area (Å²) in [5.41, 5.74) is 2.75. The average molecular weight is 341 g/mol. The van der Waals surface area contributed by atoms with Crippen LogP contribution in [-0.4, -0.2) is 34.0 Å². The highest BCUT2D eigenvalue weighted by Crippen LogP contribution is 2.30. The molecule has 25 heavy (non-hydrogen) atoms. The molecule has 0 radical (unpaired) electrons. The van der Waals surface area contributed by atoms with Gasteiger partial charge in [0.15, 0.2) is 11.6 Å². The second kappa shape index (κ2) is 5.54. The largest absolute Gasteiger partial charge is 0.341 e. The zero-order valence-electron chi connectivity index (χ0n) is 13.8. The van der Waals surface area contributed by atoms with E-state index < -0.39 is 11.6 Å². The summed E-state index contributed by atoms with van der Waals surface area (Å²) in [6, 6.07) is 7.15. The summed E-state index contributed by atoms with van der Waals surface area (Å²) in [6.07, 6.45) is 0.774. The Bertz CT molecular complexity index is 1010. The van der Waals surface area contributed by atoms with Crippen LogP contribution in [0.5, 0.6) is 0 Å². The van der Waals surface area contributed by atoms with Gasteiger partial charge in [0.05, 0.1) is 5.56 Å². The topological polar surface area (TPSA) is 50.2 Å². The molecule has 0 bridgehead atoms. The molecule has 0 saturated carbocycles. The molecule has 3 heterocycles. The molecule has 0 spiro atoms. The van der Waals surface area contributed by atoms with Crippen molar-refractivity contribution in [3.05, 3.63) is 53.2 Å². The molecule has 0 atom stereocenters. The minimum atomic E-state index is -0.922. The molecule has 0 fully saturated rings. The van der Waals surface area contributed by atoms with Gasteiger partial charge in [0.1, 0.15) is 11.5 Å². The summed E-state index contributed by atoms with van der Waals surface area (Å²) in [7, 11) is 3.67. The molecular formula is C18H16F2N4O. The van der Waals surface area contributed by atoms with Crippen molar-refractivity contribution in [2.24, 2.45) is 7.05 Å². The molecule has 0 aliphatic carbocycles. The van der Waals surface area contributed by atoms with Crippen molar-refractivity contribution >= 4 is 28.4 Å². The van der Waals surface area contributed by atoms with Crippen molar-refractivity contribution in [2.45, 2.75) is 6.42 Å². The van der Waals surface area contributed by atoms with E-state index in [1.165, 1.54) is 6.07 Å². The number of pyridine rings is 1. The third kappa shape index (κ3) is 2.43. The fourth-order valence-corrected chi connectivity index (χ4v) is 3.24. The second-order valence-electron chi connectivity index (χ2n) is 6.18. The zero-order valence-corrected chi connectivity index (χ0v) is 13.8. The van der Waals surface area contributed by atoms with Crippen molar-refractivity contribution in [3.8, 4) is 0 Å². The number of anilines is 2. The number of aryl methyl sites for hydroxylation is 1. The van der Waals surface area contributed by atoms with Crippen LogP contribution in [0.1, 0.15) is 16.1 Å². The molecule has 0 unspecified atom stereocenters. The predicted octanol–water partition coefficient (Wildman–Crippen LogP) is 3.22. The van der Waals surface area contributed by atoms with Gasteiger partial charge in [0, 0.05) is 49.9 Å². The number of amides is 1. The van der Waals surface area contributed by atoms with Crippen LogP contribution in [0.4, 0.5) is 20.3 Å². The number of halogens is 2. The van der Waals surface area contributed by atoms with E-state index in [4.69, 9.17) is 0 Å². The highest BCUT2D eigenvalue weighted by atomic mass is 19.1. The SMILES string of the molecule is CN1CCc2c(c3ccc(Nc4ccc(F)c([18F])c4)nc3n2C)C1=O. The molecule has 5 nitrogen and oxygen atoms in total. The number of likely N-dealkylation sites (N-methyl/N-ethyl adjacent to an activating group) is 1. The third-order valence-electron chi connectivity index (χ3n) is 4.59. The first-order valence-electron chi connectivity index (χ1n) is 7.91. The molecule has 4 rings (SSSR count). The number of hydrogen-bond acceptors (Lipinski definition) is 3. The van der Waals surface area contributed by atoms with E-state index >= 15 is 0 Å². The quantitative estimate of drug-likeness (QED) is 0.779. The molecule has 1 aliphatic rings. The maximum atomic E-state index is 13.4. The number of rotatable bonds is 2. The van der Waals surface area contributed by atoms with E-state index in [2.05, 4.69) is 10.3 Å². The molecule has 1 N–H and O–H groups in total. The molecule has 1 aromatic carbocycles. The molecule has 7 heteroatoms. The molecule has 3 aromatic rings. The van der Waals surface area contributed by atoms with Gasteiger partial charge in [-0.1, -0.05) is 0 Å². The molecule has 128 valence electrons. The van der Waals surface area contributed by atoms with Crippen LogP contribution in [0.25, 0.3) is 11.0 Å². The second-order valence-corrected chi connectivity index (χ2v) is 6.18. The third-order valence-corrected chi connectivity index (χ3v) is 4.59. The number of carbonyl (C=O) groups is 1. The first-order valence-corrected chi connectivity index (χ1v) is 7.91. The number of hydrogen-bond donors (Lipinski definition) is 1. The van der Waals surface area contributed by atoms with Crippen LogP contribution in [0, 0.1) is 11.6 Å². The van der Waals surface area contributed by atoms with E-state index in [-0.39, 0.29) is 5.91 Å². The van der Waals surface area contributed by atoms with Gasteiger partial charge in [-0.25, -0.2) is 13.8 Å². The fraction of sp³-hybridized carbons (Fsp3) is 0.222. The van der Waals surface area contributed by atoms with Gasteiger partial charge in [0.25, 0.3) is 5.91 Å². The van der Waals surface area contributed by atoms with E-state index in [9.17, 15) is 13.6 Å². The lowest BCUT2D eigenvalue weighted by Crippen LogP contribution is -2.34. The van der Waals surface area contributed by atoms with E-state index in [1.807, 2.05) is 17.7 Å². The van der Waals surface area contributed by atoms with Gasteiger partial charge in [-0.2, -0.15) is 0 Å². The highest BCUT2D eigenvalue weighted by Gasteiger charge is 2.28. The average Bonchev–Trinajstić information content (AvgIpc) is 2.87. The summed E-state index contributed by atoms with van der Waals surface area (Å²) in [4.78, 5) is 18.7. The summed E-state index contributed by atoms with van der Waals surface area (Å²) in [6.45, 7) is 0.677. The normalized spacial score (nSPS) is 14.1. The zero-order chi connectivity index (χ0) is 17.7. The molecule has 1 aliphatic heterocycles. The summed E-state index contributed by atoms with van der Waals surface area (Å²) >= 11 is 0. The van der Waals surface area contributed by atoms with Gasteiger partial charge >= 0.3 is 0 Å². The Morgan fingerprint density at radius 3 is 2.68 bits per heavy atom. The Morgan fingerprint density at radius 2 is 1.92 bits per heavy atom. The Hall–Kier alpha value is -2.96. The van der Waals surface area contributed by atoms with Crippen LogP contribution in [-0.2, 0) is 13.5 Å². The minimum absolute atomic E-state index is 0.00466. The predicted molar refractivity (Wildman–Crippen MR) is 91.0 cm³/mol. The van der Waals surface area contributed by atoms with Crippen LogP contribution in [0.3, 0.4) is 0 Å². The van der Waals surface area contributed by atoms with Crippen LogP contribution < -0.4 is 5.32 Å². The number of nitrogens with zero attached hydrogens (tertiary/aromatic N) is 3. The van der Waals surface area contributed by atoms with Crippen molar-refractivity contribution in [1.29, 1.82) is 0 Å². The Labute approximate surface area is 142 Å². The summed E-state index contributed by atoms with van der Waals surface area (Å²) < 4.78 is 28.3. The van der Waals surface area contributed by atoms with E-state index in [0.717, 1.165) is 29.6 Å². The van der Waals surface area contributed by atoms with Crippen LogP contribution in [0.2, 0.25) is 0 Å². The number of nitrogens with one attached hydrogen (secondary N) is 1. The lowest BCUT2D eigenvalue weighted by Gasteiger charge is -2.23. The van der Waals surface area contributed by atoms with Gasteiger partial charge in [-0.15, -0.1) is 0 Å². The molecule has 1 amide bonds. The van der Waals surface area contributed by atoms with Crippen LogP contribution in [0.15, 0.2) is 30.3 Å². The van der Waals surface area contributed by atoms with E-state index in [0.29, 0.717) is 29.3 Å². The lowest BCUT2D eigenvalue weighted by molar-refractivity contribution is 0.0781. The van der Waals surface area contributed by atoms with Crippen molar-refractivity contribution in [2.75, 3.05) is 18.9 Å².